The molecule has 0 aromatic heterocycles. The molecule has 3 nitrogen and oxygen atoms in total. The lowest BCUT2D eigenvalue weighted by Crippen LogP contribution is -2.56. The Balaban J connectivity index is 1.42. The summed E-state index contributed by atoms with van der Waals surface area (Å²) in [5.41, 5.74) is 1.27. The van der Waals surface area contributed by atoms with E-state index in [1.54, 1.807) is 6.08 Å². The molecule has 120 valence electrons. The highest BCUT2D eigenvalue weighted by molar-refractivity contribution is 6.36. The van der Waals surface area contributed by atoms with E-state index < -0.39 is 5.00 Å². The molecule has 0 aromatic rings. The summed E-state index contributed by atoms with van der Waals surface area (Å²) < 4.78 is 0. The first-order chi connectivity index (χ1) is 10.5. The number of carbonyl (C=O) groups excluding carboxylic acids is 1. The van der Waals surface area contributed by atoms with Gasteiger partial charge in [-0.25, -0.2) is 0 Å². The molecule has 0 aromatic carbocycles. The van der Waals surface area contributed by atoms with Crippen LogP contribution in [0.5, 0.6) is 0 Å². The van der Waals surface area contributed by atoms with Crippen LogP contribution in [0.15, 0.2) is 23.9 Å². The van der Waals surface area contributed by atoms with Crippen molar-refractivity contribution < 1.29 is 4.79 Å². The number of rotatable bonds is 3. The SMILES string of the molecule is CC1=CC=CC(Cl)(C(=O)NCC23CC4CC(CC(C4)C2)C3)N1. The second-order valence-corrected chi connectivity index (χ2v) is 8.74. The molecule has 2 N–H and O–H groups in total. The van der Waals surface area contributed by atoms with Crippen LogP contribution in [-0.4, -0.2) is 17.5 Å². The van der Waals surface area contributed by atoms with Gasteiger partial charge < -0.3 is 10.6 Å². The highest BCUT2D eigenvalue weighted by Gasteiger charge is 2.51. The van der Waals surface area contributed by atoms with Crippen molar-refractivity contribution in [1.82, 2.24) is 10.6 Å². The third-order valence-electron chi connectivity index (χ3n) is 6.17. The molecule has 1 heterocycles. The lowest BCUT2D eigenvalue weighted by Gasteiger charge is -2.57. The number of dihydropyridines is 1. The van der Waals surface area contributed by atoms with Gasteiger partial charge in [0.1, 0.15) is 0 Å². The summed E-state index contributed by atoms with van der Waals surface area (Å²) in [4.78, 5) is 11.5. The predicted molar refractivity (Wildman–Crippen MR) is 88.2 cm³/mol. The fourth-order valence-electron chi connectivity index (χ4n) is 5.73. The number of carbonyl (C=O) groups is 1. The lowest BCUT2D eigenvalue weighted by atomic mass is 9.49. The average Bonchev–Trinajstić information content (AvgIpc) is 2.43. The molecule has 1 unspecified atom stereocenters. The fraction of sp³-hybridized carbons (Fsp3) is 0.722. The molecule has 4 heteroatoms. The van der Waals surface area contributed by atoms with Crippen molar-refractivity contribution in [3.8, 4) is 0 Å². The van der Waals surface area contributed by atoms with E-state index >= 15 is 0 Å². The van der Waals surface area contributed by atoms with E-state index in [2.05, 4.69) is 10.6 Å². The van der Waals surface area contributed by atoms with E-state index in [0.29, 0.717) is 5.41 Å². The molecule has 0 spiro atoms. The Hall–Kier alpha value is -0.960. The highest BCUT2D eigenvalue weighted by Crippen LogP contribution is 2.59. The number of alkyl halides is 1. The molecule has 4 aliphatic carbocycles. The van der Waals surface area contributed by atoms with Crippen LogP contribution in [0.2, 0.25) is 0 Å². The maximum absolute atomic E-state index is 12.6. The summed E-state index contributed by atoms with van der Waals surface area (Å²) in [7, 11) is 0. The molecular weight excluding hydrogens is 296 g/mol. The van der Waals surface area contributed by atoms with E-state index in [1.807, 2.05) is 19.1 Å². The highest BCUT2D eigenvalue weighted by atomic mass is 35.5. The molecule has 4 saturated carbocycles. The molecule has 0 saturated heterocycles. The molecule has 1 aliphatic heterocycles. The van der Waals surface area contributed by atoms with E-state index in [0.717, 1.165) is 30.0 Å². The topological polar surface area (TPSA) is 41.1 Å². The maximum Gasteiger partial charge on any atom is 0.265 e. The summed E-state index contributed by atoms with van der Waals surface area (Å²) in [6, 6.07) is 0. The van der Waals surface area contributed by atoms with Crippen molar-refractivity contribution >= 4 is 17.5 Å². The summed E-state index contributed by atoms with van der Waals surface area (Å²) in [5.74, 6) is 2.61. The van der Waals surface area contributed by atoms with E-state index in [-0.39, 0.29) is 5.91 Å². The third-order valence-corrected chi connectivity index (χ3v) is 6.56. The number of hydrogen-bond acceptors (Lipinski definition) is 2. The zero-order valence-electron chi connectivity index (χ0n) is 13.2. The van der Waals surface area contributed by atoms with Crippen LogP contribution >= 0.6 is 11.6 Å². The van der Waals surface area contributed by atoms with Crippen molar-refractivity contribution in [2.45, 2.75) is 50.4 Å². The van der Waals surface area contributed by atoms with Crippen molar-refractivity contribution in [1.29, 1.82) is 0 Å². The Morgan fingerprint density at radius 2 is 1.86 bits per heavy atom. The summed E-state index contributed by atoms with van der Waals surface area (Å²) in [5, 5.41) is 6.24. The van der Waals surface area contributed by atoms with Gasteiger partial charge in [0.05, 0.1) is 0 Å². The fourth-order valence-corrected chi connectivity index (χ4v) is 6.02. The first-order valence-electron chi connectivity index (χ1n) is 8.58. The van der Waals surface area contributed by atoms with Crippen LogP contribution in [-0.2, 0) is 4.79 Å². The minimum Gasteiger partial charge on any atom is -0.360 e. The molecule has 5 rings (SSSR count). The van der Waals surface area contributed by atoms with Crippen LogP contribution in [0, 0.1) is 23.2 Å². The Morgan fingerprint density at radius 1 is 1.27 bits per heavy atom. The van der Waals surface area contributed by atoms with Gasteiger partial charge in [0.25, 0.3) is 5.91 Å². The maximum atomic E-state index is 12.6. The zero-order valence-corrected chi connectivity index (χ0v) is 14.0. The van der Waals surface area contributed by atoms with Crippen LogP contribution in [0.3, 0.4) is 0 Å². The van der Waals surface area contributed by atoms with Gasteiger partial charge in [-0.15, -0.1) is 0 Å². The molecule has 4 bridgehead atoms. The normalized spacial score (nSPS) is 45.4. The average molecular weight is 321 g/mol. The standard InChI is InChI=1S/C18H25ClN2O/c1-12-3-2-4-18(19,21-12)16(22)20-11-17-8-13-5-14(9-17)7-15(6-13)10-17/h2-4,13-15,21H,5-11H2,1H3,(H,20,22). The number of amides is 1. The Bertz CT molecular complexity index is 518. The third kappa shape index (κ3) is 2.47. The van der Waals surface area contributed by atoms with Crippen LogP contribution in [0.1, 0.15) is 45.4 Å². The minimum atomic E-state index is -1.12. The summed E-state index contributed by atoms with van der Waals surface area (Å²) in [6.45, 7) is 2.72. The van der Waals surface area contributed by atoms with Gasteiger partial charge in [-0.2, -0.15) is 0 Å². The number of allylic oxidation sites excluding steroid dienone is 3. The van der Waals surface area contributed by atoms with E-state index in [9.17, 15) is 4.79 Å². The van der Waals surface area contributed by atoms with Crippen molar-refractivity contribution in [2.75, 3.05) is 6.54 Å². The Kier molecular flexibility index (Phi) is 3.34. The summed E-state index contributed by atoms with van der Waals surface area (Å²) in [6.07, 6.45) is 13.7. The molecule has 22 heavy (non-hydrogen) atoms. The monoisotopic (exact) mass is 320 g/mol. The first-order valence-corrected chi connectivity index (χ1v) is 8.96. The minimum absolute atomic E-state index is 0.117. The van der Waals surface area contributed by atoms with Crippen molar-refractivity contribution in [3.05, 3.63) is 23.9 Å². The first kappa shape index (κ1) is 14.6. The van der Waals surface area contributed by atoms with Crippen LogP contribution in [0.4, 0.5) is 0 Å². The van der Waals surface area contributed by atoms with Crippen molar-refractivity contribution in [2.24, 2.45) is 23.2 Å². The second-order valence-electron chi connectivity index (χ2n) is 8.15. The number of halogens is 1. The van der Waals surface area contributed by atoms with Gasteiger partial charge in [0, 0.05) is 12.2 Å². The van der Waals surface area contributed by atoms with Crippen molar-refractivity contribution in [3.63, 3.8) is 0 Å². The number of hydrogen-bond donors (Lipinski definition) is 2. The quantitative estimate of drug-likeness (QED) is 0.618. The smallest absolute Gasteiger partial charge is 0.265 e. The van der Waals surface area contributed by atoms with Gasteiger partial charge in [0.15, 0.2) is 0 Å². The molecule has 1 atom stereocenters. The summed E-state index contributed by atoms with van der Waals surface area (Å²) >= 11 is 6.46. The predicted octanol–water partition coefficient (Wildman–Crippen LogP) is 3.32. The van der Waals surface area contributed by atoms with Crippen LogP contribution < -0.4 is 10.6 Å². The number of nitrogens with one attached hydrogen (secondary N) is 2. The molecular formula is C18H25ClN2O. The van der Waals surface area contributed by atoms with E-state index in [4.69, 9.17) is 11.6 Å². The Labute approximate surface area is 137 Å². The molecule has 1 amide bonds. The Morgan fingerprint density at radius 3 is 2.41 bits per heavy atom. The van der Waals surface area contributed by atoms with Gasteiger partial charge in [-0.1, -0.05) is 17.7 Å². The largest absolute Gasteiger partial charge is 0.360 e. The van der Waals surface area contributed by atoms with Gasteiger partial charge >= 0.3 is 0 Å². The molecule has 5 aliphatic rings. The molecule has 4 fully saturated rings. The van der Waals surface area contributed by atoms with Gasteiger partial charge in [-0.05, 0) is 80.8 Å². The van der Waals surface area contributed by atoms with Gasteiger partial charge in [0.2, 0.25) is 5.00 Å². The second kappa shape index (κ2) is 5.02. The zero-order chi connectivity index (χ0) is 15.4. The van der Waals surface area contributed by atoms with Crippen LogP contribution in [0.25, 0.3) is 0 Å². The lowest BCUT2D eigenvalue weighted by molar-refractivity contribution is -0.125. The van der Waals surface area contributed by atoms with Gasteiger partial charge in [-0.3, -0.25) is 4.79 Å². The van der Waals surface area contributed by atoms with E-state index in [1.165, 1.54) is 38.5 Å². The molecule has 0 radical (unpaired) electrons.